The maximum atomic E-state index is 12.6. The normalized spacial score (nSPS) is 10.7. The predicted octanol–water partition coefficient (Wildman–Crippen LogP) is 5.53. The summed E-state index contributed by atoms with van der Waals surface area (Å²) in [6.07, 6.45) is 0. The average molecular weight is 389 g/mol. The van der Waals surface area contributed by atoms with Crippen molar-refractivity contribution in [2.45, 2.75) is 6.54 Å². The number of amides is 1. The van der Waals surface area contributed by atoms with E-state index >= 15 is 0 Å². The van der Waals surface area contributed by atoms with E-state index < -0.39 is 0 Å². The van der Waals surface area contributed by atoms with Crippen LogP contribution in [0.4, 0.5) is 0 Å². The topological polar surface area (TPSA) is 20.3 Å². The van der Waals surface area contributed by atoms with Crippen molar-refractivity contribution in [3.05, 3.63) is 81.3 Å². The fourth-order valence-electron chi connectivity index (χ4n) is 2.55. The molecule has 0 saturated heterocycles. The van der Waals surface area contributed by atoms with E-state index in [2.05, 4.69) is 46.3 Å². The van der Waals surface area contributed by atoms with Crippen molar-refractivity contribution in [3.8, 4) is 0 Å². The minimum absolute atomic E-state index is 0.0931. The summed E-state index contributed by atoms with van der Waals surface area (Å²) < 4.78 is 0.837. The molecule has 3 aromatic rings. The highest BCUT2D eigenvalue weighted by Crippen LogP contribution is 2.23. The molecule has 0 fully saturated rings. The third kappa shape index (κ3) is 3.57. The summed E-state index contributed by atoms with van der Waals surface area (Å²) in [5.41, 5.74) is 1.59. The molecule has 116 valence electrons. The number of benzene rings is 3. The van der Waals surface area contributed by atoms with E-state index in [-0.39, 0.29) is 5.91 Å². The lowest BCUT2D eigenvalue weighted by Crippen LogP contribution is -2.26. The molecule has 0 radical (unpaired) electrons. The number of hydrogen-bond donors (Lipinski definition) is 0. The summed E-state index contributed by atoms with van der Waals surface area (Å²) in [6.45, 7) is 0.534. The van der Waals surface area contributed by atoms with Gasteiger partial charge in [0.15, 0.2) is 0 Å². The van der Waals surface area contributed by atoms with Crippen LogP contribution < -0.4 is 0 Å². The van der Waals surface area contributed by atoms with Gasteiger partial charge in [0.05, 0.1) is 10.6 Å². The first kappa shape index (κ1) is 16.0. The minimum atomic E-state index is -0.0931. The Kier molecular flexibility index (Phi) is 4.69. The van der Waals surface area contributed by atoms with Crippen LogP contribution in [0, 0.1) is 0 Å². The molecular formula is C19H15BrClNO. The zero-order valence-corrected chi connectivity index (χ0v) is 14.9. The van der Waals surface area contributed by atoms with Crippen molar-refractivity contribution < 1.29 is 4.79 Å². The predicted molar refractivity (Wildman–Crippen MR) is 98.9 cm³/mol. The van der Waals surface area contributed by atoms with Crippen LogP contribution in [0.3, 0.4) is 0 Å². The molecule has 0 aliphatic carbocycles. The van der Waals surface area contributed by atoms with Crippen molar-refractivity contribution >= 4 is 44.2 Å². The highest BCUT2D eigenvalue weighted by Gasteiger charge is 2.16. The molecule has 2 nitrogen and oxygen atoms in total. The molecule has 0 aliphatic heterocycles. The van der Waals surface area contributed by atoms with Crippen molar-refractivity contribution in [1.82, 2.24) is 4.90 Å². The van der Waals surface area contributed by atoms with Crippen LogP contribution in [0.15, 0.2) is 65.1 Å². The molecule has 0 atom stereocenters. The summed E-state index contributed by atoms with van der Waals surface area (Å²) in [7, 11) is 1.79. The standard InChI is InChI=1S/C19H15BrClNO/c1-22(19(23)17-11-16(20)8-9-18(17)21)12-13-6-7-14-4-2-3-5-15(14)10-13/h2-11H,12H2,1H3. The fraction of sp³-hybridized carbons (Fsp3) is 0.105. The first-order valence-corrected chi connectivity index (χ1v) is 8.40. The number of rotatable bonds is 3. The summed E-state index contributed by atoms with van der Waals surface area (Å²) in [6, 6.07) is 19.7. The molecule has 3 aromatic carbocycles. The number of hydrogen-bond acceptors (Lipinski definition) is 1. The van der Waals surface area contributed by atoms with Crippen LogP contribution in [-0.4, -0.2) is 17.9 Å². The maximum Gasteiger partial charge on any atom is 0.255 e. The second-order valence-electron chi connectivity index (χ2n) is 5.47. The SMILES string of the molecule is CN(Cc1ccc2ccccc2c1)C(=O)c1cc(Br)ccc1Cl. The van der Waals surface area contributed by atoms with Gasteiger partial charge in [-0.2, -0.15) is 0 Å². The Bertz CT molecular complexity index is 878. The number of fused-ring (bicyclic) bond motifs is 1. The molecule has 0 saturated carbocycles. The monoisotopic (exact) mass is 387 g/mol. The Morgan fingerprint density at radius 1 is 1.04 bits per heavy atom. The zero-order valence-electron chi connectivity index (χ0n) is 12.6. The van der Waals surface area contributed by atoms with Crippen LogP contribution in [0.2, 0.25) is 5.02 Å². The molecular weight excluding hydrogens is 374 g/mol. The van der Waals surface area contributed by atoms with Gasteiger partial charge in [-0.3, -0.25) is 4.79 Å². The lowest BCUT2D eigenvalue weighted by atomic mass is 10.1. The lowest BCUT2D eigenvalue weighted by molar-refractivity contribution is 0.0785. The van der Waals surface area contributed by atoms with Crippen molar-refractivity contribution in [1.29, 1.82) is 0 Å². The summed E-state index contributed by atoms with van der Waals surface area (Å²) in [5, 5.41) is 2.83. The van der Waals surface area contributed by atoms with Gasteiger partial charge < -0.3 is 4.90 Å². The summed E-state index contributed by atoms with van der Waals surface area (Å²) >= 11 is 9.53. The van der Waals surface area contributed by atoms with E-state index in [9.17, 15) is 4.79 Å². The van der Waals surface area contributed by atoms with E-state index in [0.29, 0.717) is 17.1 Å². The zero-order chi connectivity index (χ0) is 16.4. The number of nitrogens with zero attached hydrogens (tertiary/aromatic N) is 1. The van der Waals surface area contributed by atoms with Crippen LogP contribution in [0.5, 0.6) is 0 Å². The largest absolute Gasteiger partial charge is 0.337 e. The van der Waals surface area contributed by atoms with E-state index in [1.165, 1.54) is 10.8 Å². The molecule has 0 N–H and O–H groups in total. The minimum Gasteiger partial charge on any atom is -0.337 e. The van der Waals surface area contributed by atoms with Gasteiger partial charge in [-0.05, 0) is 40.6 Å². The second kappa shape index (κ2) is 6.73. The number of carbonyl (C=O) groups is 1. The molecule has 0 spiro atoms. The smallest absolute Gasteiger partial charge is 0.255 e. The molecule has 0 aliphatic rings. The van der Waals surface area contributed by atoms with E-state index in [4.69, 9.17) is 11.6 Å². The average Bonchev–Trinajstić information content (AvgIpc) is 2.56. The van der Waals surface area contributed by atoms with Gasteiger partial charge in [0, 0.05) is 18.1 Å². The third-order valence-corrected chi connectivity index (χ3v) is 4.56. The highest BCUT2D eigenvalue weighted by atomic mass is 79.9. The molecule has 0 heterocycles. The number of carbonyl (C=O) groups excluding carboxylic acids is 1. The van der Waals surface area contributed by atoms with E-state index in [1.807, 2.05) is 18.2 Å². The Labute approximate surface area is 148 Å². The summed E-state index contributed by atoms with van der Waals surface area (Å²) in [4.78, 5) is 14.3. The van der Waals surface area contributed by atoms with Gasteiger partial charge in [-0.1, -0.05) is 63.9 Å². The first-order valence-electron chi connectivity index (χ1n) is 7.23. The molecule has 0 aromatic heterocycles. The van der Waals surface area contributed by atoms with Crippen molar-refractivity contribution in [2.24, 2.45) is 0 Å². The summed E-state index contributed by atoms with van der Waals surface area (Å²) in [5.74, 6) is -0.0931. The van der Waals surface area contributed by atoms with Gasteiger partial charge in [0.2, 0.25) is 0 Å². The molecule has 0 unspecified atom stereocenters. The maximum absolute atomic E-state index is 12.6. The second-order valence-corrected chi connectivity index (χ2v) is 6.79. The van der Waals surface area contributed by atoms with Crippen molar-refractivity contribution in [3.63, 3.8) is 0 Å². The van der Waals surface area contributed by atoms with E-state index in [1.54, 1.807) is 24.1 Å². The van der Waals surface area contributed by atoms with Crippen LogP contribution >= 0.6 is 27.5 Å². The molecule has 23 heavy (non-hydrogen) atoms. The molecule has 0 bridgehead atoms. The first-order chi connectivity index (χ1) is 11.0. The van der Waals surface area contributed by atoms with Crippen LogP contribution in [0.25, 0.3) is 10.8 Å². The lowest BCUT2D eigenvalue weighted by Gasteiger charge is -2.18. The fourth-order valence-corrected chi connectivity index (χ4v) is 3.11. The van der Waals surface area contributed by atoms with Crippen LogP contribution in [0.1, 0.15) is 15.9 Å². The van der Waals surface area contributed by atoms with E-state index in [0.717, 1.165) is 10.0 Å². The van der Waals surface area contributed by atoms with Gasteiger partial charge in [-0.15, -0.1) is 0 Å². The van der Waals surface area contributed by atoms with Gasteiger partial charge in [0.1, 0.15) is 0 Å². The van der Waals surface area contributed by atoms with Gasteiger partial charge >= 0.3 is 0 Å². The third-order valence-electron chi connectivity index (χ3n) is 3.74. The highest BCUT2D eigenvalue weighted by molar-refractivity contribution is 9.10. The van der Waals surface area contributed by atoms with Crippen LogP contribution in [-0.2, 0) is 6.54 Å². The Morgan fingerprint density at radius 2 is 1.78 bits per heavy atom. The van der Waals surface area contributed by atoms with Gasteiger partial charge in [-0.25, -0.2) is 0 Å². The molecule has 3 rings (SSSR count). The number of halogens is 2. The Balaban J connectivity index is 1.83. The Morgan fingerprint density at radius 3 is 2.57 bits per heavy atom. The Hall–Kier alpha value is -1.84. The molecule has 4 heteroatoms. The molecule has 1 amide bonds. The van der Waals surface area contributed by atoms with Gasteiger partial charge in [0.25, 0.3) is 5.91 Å². The van der Waals surface area contributed by atoms with Crippen molar-refractivity contribution in [2.75, 3.05) is 7.05 Å². The quantitative estimate of drug-likeness (QED) is 0.578.